The molecule has 0 bridgehead atoms. The van der Waals surface area contributed by atoms with Crippen molar-refractivity contribution in [2.24, 2.45) is 0 Å². The molecule has 0 aliphatic rings. The number of rotatable bonds is 3. The molecular formula is C3H9O3P. The lowest BCUT2D eigenvalue weighted by Gasteiger charge is -2.05. The summed E-state index contributed by atoms with van der Waals surface area (Å²) in [6.45, 7) is 0. The van der Waals surface area contributed by atoms with Crippen molar-refractivity contribution in [3.8, 4) is 0 Å². The zero-order valence-corrected chi connectivity index (χ0v) is 5.31. The summed E-state index contributed by atoms with van der Waals surface area (Å²) in [6, 6.07) is 0. The zero-order valence-electron chi connectivity index (χ0n) is 4.42. The van der Waals surface area contributed by atoms with E-state index in [9.17, 15) is 0 Å². The van der Waals surface area contributed by atoms with Gasteiger partial charge in [0.15, 0.2) is 8.38 Å². The van der Waals surface area contributed by atoms with E-state index in [1.165, 1.54) is 14.2 Å². The molecule has 0 rings (SSSR count). The Labute approximate surface area is 44.2 Å². The number of aliphatic hydroxyl groups excluding tert-OH is 1. The average Bonchev–Trinajstić information content (AvgIpc) is 1.72. The van der Waals surface area contributed by atoms with Crippen LogP contribution in [-0.4, -0.2) is 25.7 Å². The lowest BCUT2D eigenvalue weighted by Crippen LogP contribution is -1.85. The van der Waals surface area contributed by atoms with Crippen LogP contribution in [0.3, 0.4) is 0 Å². The molecule has 0 aliphatic carbocycles. The smallest absolute Gasteiger partial charge is 0.197 e. The topological polar surface area (TPSA) is 38.7 Å². The van der Waals surface area contributed by atoms with E-state index in [-0.39, 0.29) is 6.35 Å². The van der Waals surface area contributed by atoms with Crippen LogP contribution in [0.1, 0.15) is 0 Å². The molecule has 0 unspecified atom stereocenters. The lowest BCUT2D eigenvalue weighted by atomic mass is 11.7. The largest absolute Gasteiger partial charge is 0.387 e. The van der Waals surface area contributed by atoms with Gasteiger partial charge in [0.2, 0.25) is 0 Å². The maximum absolute atomic E-state index is 8.30. The standard InChI is InChI=1S/C3H9O3P/c1-5-7(3-4)6-2/h4H,3H2,1-2H3. The van der Waals surface area contributed by atoms with Crippen LogP contribution in [0.25, 0.3) is 0 Å². The van der Waals surface area contributed by atoms with Gasteiger partial charge < -0.3 is 14.2 Å². The summed E-state index contributed by atoms with van der Waals surface area (Å²) in [5, 5.41) is 8.30. The van der Waals surface area contributed by atoms with Gasteiger partial charge in [0.25, 0.3) is 0 Å². The van der Waals surface area contributed by atoms with Gasteiger partial charge in [-0.3, -0.25) is 0 Å². The molecule has 0 heterocycles. The van der Waals surface area contributed by atoms with E-state index in [4.69, 9.17) is 5.11 Å². The van der Waals surface area contributed by atoms with Gasteiger partial charge >= 0.3 is 0 Å². The van der Waals surface area contributed by atoms with Gasteiger partial charge in [-0.15, -0.1) is 0 Å². The Bertz CT molecular complexity index is 31.7. The monoisotopic (exact) mass is 124 g/mol. The number of hydrogen-bond acceptors (Lipinski definition) is 3. The molecular weight excluding hydrogens is 115 g/mol. The SMILES string of the molecule is COP(CO)OC. The Hall–Kier alpha value is 0.310. The first kappa shape index (κ1) is 7.31. The average molecular weight is 124 g/mol. The lowest BCUT2D eigenvalue weighted by molar-refractivity contribution is 0.283. The van der Waals surface area contributed by atoms with Crippen LogP contribution < -0.4 is 0 Å². The van der Waals surface area contributed by atoms with Crippen molar-refractivity contribution in [2.45, 2.75) is 0 Å². The van der Waals surface area contributed by atoms with Crippen LogP contribution in [0.2, 0.25) is 0 Å². The van der Waals surface area contributed by atoms with E-state index in [0.29, 0.717) is 0 Å². The highest BCUT2D eigenvalue weighted by molar-refractivity contribution is 7.46. The summed E-state index contributed by atoms with van der Waals surface area (Å²) in [5.74, 6) is 0. The minimum Gasteiger partial charge on any atom is -0.387 e. The van der Waals surface area contributed by atoms with E-state index >= 15 is 0 Å². The van der Waals surface area contributed by atoms with E-state index in [0.717, 1.165) is 0 Å². The molecule has 1 N–H and O–H groups in total. The Morgan fingerprint density at radius 1 is 1.43 bits per heavy atom. The highest BCUT2D eigenvalue weighted by atomic mass is 31.2. The minimum absolute atomic E-state index is 0.0255. The maximum atomic E-state index is 8.30. The first-order chi connectivity index (χ1) is 3.35. The Kier molecular flexibility index (Phi) is 4.67. The van der Waals surface area contributed by atoms with Crippen molar-refractivity contribution < 1.29 is 14.2 Å². The molecule has 0 fully saturated rings. The molecule has 0 radical (unpaired) electrons. The van der Waals surface area contributed by atoms with Crippen molar-refractivity contribution in [1.82, 2.24) is 0 Å². The van der Waals surface area contributed by atoms with E-state index in [1.807, 2.05) is 0 Å². The van der Waals surface area contributed by atoms with E-state index in [2.05, 4.69) is 9.05 Å². The zero-order chi connectivity index (χ0) is 5.70. The molecule has 0 amide bonds. The van der Waals surface area contributed by atoms with Crippen molar-refractivity contribution in [3.63, 3.8) is 0 Å². The van der Waals surface area contributed by atoms with Gasteiger partial charge in [-0.05, 0) is 0 Å². The Morgan fingerprint density at radius 2 is 1.86 bits per heavy atom. The molecule has 4 heteroatoms. The first-order valence-electron chi connectivity index (χ1n) is 1.81. The second kappa shape index (κ2) is 4.47. The summed E-state index contributed by atoms with van der Waals surface area (Å²) in [6.07, 6.45) is -0.0255. The molecule has 3 nitrogen and oxygen atoms in total. The van der Waals surface area contributed by atoms with Crippen LogP contribution in [0.15, 0.2) is 0 Å². The molecule has 0 aromatic heterocycles. The van der Waals surface area contributed by atoms with Crippen LogP contribution in [-0.2, 0) is 9.05 Å². The third kappa shape index (κ3) is 2.94. The molecule has 0 spiro atoms. The van der Waals surface area contributed by atoms with Crippen LogP contribution >= 0.6 is 8.38 Å². The first-order valence-corrected chi connectivity index (χ1v) is 3.18. The van der Waals surface area contributed by atoms with Gasteiger partial charge in [0.05, 0.1) is 0 Å². The summed E-state index contributed by atoms with van der Waals surface area (Å²) in [5.41, 5.74) is 0. The molecule has 0 atom stereocenters. The highest BCUT2D eigenvalue weighted by Crippen LogP contribution is 2.33. The second-order valence-corrected chi connectivity index (χ2v) is 2.52. The summed E-state index contributed by atoms with van der Waals surface area (Å²) in [7, 11) is 2.01. The van der Waals surface area contributed by atoms with Gasteiger partial charge in [-0.2, -0.15) is 0 Å². The fourth-order valence-electron chi connectivity index (χ4n) is 0.190. The van der Waals surface area contributed by atoms with Gasteiger partial charge in [-0.25, -0.2) is 0 Å². The molecule has 0 aliphatic heterocycles. The molecule has 44 valence electrons. The normalized spacial score (nSPS) is 10.3. The molecule has 0 saturated carbocycles. The van der Waals surface area contributed by atoms with Gasteiger partial charge in [0.1, 0.15) is 6.35 Å². The number of aliphatic hydroxyl groups is 1. The quantitative estimate of drug-likeness (QED) is 0.558. The summed E-state index contributed by atoms with van der Waals surface area (Å²) < 4.78 is 9.28. The van der Waals surface area contributed by atoms with Gasteiger partial charge in [0, 0.05) is 14.2 Å². The third-order valence-corrected chi connectivity index (χ3v) is 1.57. The molecule has 0 aromatic carbocycles. The van der Waals surface area contributed by atoms with E-state index in [1.54, 1.807) is 0 Å². The molecule has 0 saturated heterocycles. The molecule has 0 aromatic rings. The number of hydrogen-bond donors (Lipinski definition) is 1. The van der Waals surface area contributed by atoms with E-state index < -0.39 is 8.38 Å². The van der Waals surface area contributed by atoms with Crippen LogP contribution in [0.5, 0.6) is 0 Å². The second-order valence-electron chi connectivity index (χ2n) is 0.839. The van der Waals surface area contributed by atoms with Crippen LogP contribution in [0, 0.1) is 0 Å². The molecule has 7 heavy (non-hydrogen) atoms. The predicted octanol–water partition coefficient (Wildman–Crippen LogP) is 0.541. The Balaban J connectivity index is 2.99. The van der Waals surface area contributed by atoms with Crippen molar-refractivity contribution in [1.29, 1.82) is 0 Å². The van der Waals surface area contributed by atoms with Crippen LogP contribution in [0.4, 0.5) is 0 Å². The van der Waals surface area contributed by atoms with Crippen molar-refractivity contribution >= 4 is 8.38 Å². The predicted molar refractivity (Wildman–Crippen MR) is 28.0 cm³/mol. The minimum atomic E-state index is -0.998. The fraction of sp³-hybridized carbons (Fsp3) is 1.00. The Morgan fingerprint density at radius 3 is 1.86 bits per heavy atom. The van der Waals surface area contributed by atoms with Gasteiger partial charge in [-0.1, -0.05) is 0 Å². The summed E-state index contributed by atoms with van der Waals surface area (Å²) >= 11 is 0. The maximum Gasteiger partial charge on any atom is 0.197 e. The summed E-state index contributed by atoms with van der Waals surface area (Å²) in [4.78, 5) is 0. The fourth-order valence-corrected chi connectivity index (χ4v) is 0.570. The third-order valence-electron chi connectivity index (χ3n) is 0.523. The van der Waals surface area contributed by atoms with Crippen molar-refractivity contribution in [2.75, 3.05) is 20.6 Å². The highest BCUT2D eigenvalue weighted by Gasteiger charge is 1.99. The van der Waals surface area contributed by atoms with Crippen molar-refractivity contribution in [3.05, 3.63) is 0 Å².